The van der Waals surface area contributed by atoms with E-state index in [0.29, 0.717) is 19.6 Å². The standard InChI is InChI=1S/C17H20F5NO6S.C9H15F3O3.C8H6F3NO3S/c1-15(27-8-5-9-28-15)10-13(11-16(18,19)20)29-30(25,26)17(21,22)14(24)23-12-6-3-2-4-7-12;1-8(14-3-2-4-15-8)5-7(13)6-9(10,11)12;9-8(10,16(11,14)15)7(13)12-6-4-2-1-3-5-6/h2-4,6-7,13H,5,8-11H2,1H3,(H,23,24);7,13H,2-6H2,1H3;1-5H,(H,12,13). The third kappa shape index (κ3) is 18.3. The molecule has 2 heterocycles. The normalized spacial score (nSPS) is 18.2. The average Bonchev–Trinajstić information content (AvgIpc) is 3.11. The van der Waals surface area contributed by atoms with Crippen LogP contribution in [0.4, 0.5) is 59.2 Å². The molecule has 0 bridgehead atoms. The van der Waals surface area contributed by atoms with Crippen LogP contribution in [0.1, 0.15) is 52.4 Å². The van der Waals surface area contributed by atoms with Crippen LogP contribution in [0.3, 0.4) is 0 Å². The lowest BCUT2D eigenvalue weighted by Gasteiger charge is -2.36. The van der Waals surface area contributed by atoms with Crippen LogP contribution in [-0.4, -0.2) is 107 Å². The number of carbonyl (C=O) groups excluding carboxylic acids is 2. The van der Waals surface area contributed by atoms with Gasteiger partial charge in [0.2, 0.25) is 0 Å². The van der Waals surface area contributed by atoms with Gasteiger partial charge in [0.1, 0.15) is 0 Å². The maximum Gasteiger partial charge on any atom is 0.451 e. The van der Waals surface area contributed by atoms with Crippen LogP contribution < -0.4 is 10.6 Å². The number of aliphatic hydroxyl groups excluding tert-OH is 1. The lowest BCUT2D eigenvalue weighted by atomic mass is 10.1. The number of benzene rings is 2. The fourth-order valence-electron chi connectivity index (χ4n) is 5.08. The van der Waals surface area contributed by atoms with Crippen molar-refractivity contribution in [2.75, 3.05) is 37.1 Å². The first-order valence-electron chi connectivity index (χ1n) is 17.5. The molecule has 0 saturated carbocycles. The first kappa shape index (κ1) is 53.4. The Morgan fingerprint density at radius 3 is 1.38 bits per heavy atom. The molecule has 27 heteroatoms. The highest BCUT2D eigenvalue weighted by molar-refractivity contribution is 7.88. The van der Waals surface area contributed by atoms with E-state index in [9.17, 15) is 79.3 Å². The molecule has 0 aliphatic carbocycles. The van der Waals surface area contributed by atoms with Crippen LogP contribution in [0, 0.1) is 0 Å². The predicted molar refractivity (Wildman–Crippen MR) is 190 cm³/mol. The first-order chi connectivity index (χ1) is 27.8. The molecule has 0 spiro atoms. The van der Waals surface area contributed by atoms with Gasteiger partial charge in [-0.3, -0.25) is 13.8 Å². The number of anilines is 2. The van der Waals surface area contributed by atoms with E-state index in [1.54, 1.807) is 23.6 Å². The average molecular weight is 943 g/mol. The number of carbonyl (C=O) groups is 2. The van der Waals surface area contributed by atoms with Crippen LogP contribution in [0.5, 0.6) is 0 Å². The van der Waals surface area contributed by atoms with Crippen LogP contribution >= 0.6 is 0 Å². The molecule has 2 atom stereocenters. The Balaban J connectivity index is 0.000000348. The van der Waals surface area contributed by atoms with Gasteiger partial charge in [0.25, 0.3) is 0 Å². The van der Waals surface area contributed by atoms with Crippen LogP contribution in [0.2, 0.25) is 0 Å². The van der Waals surface area contributed by atoms with Crippen molar-refractivity contribution >= 4 is 43.5 Å². The van der Waals surface area contributed by atoms with Crippen LogP contribution in [0.25, 0.3) is 0 Å². The van der Waals surface area contributed by atoms with Crippen molar-refractivity contribution in [3.05, 3.63) is 60.7 Å². The Morgan fingerprint density at radius 2 is 1.02 bits per heavy atom. The summed E-state index contributed by atoms with van der Waals surface area (Å²) in [6, 6.07) is 13.6. The number of rotatable bonds is 14. The second kappa shape index (κ2) is 21.6. The molecule has 4 rings (SSSR count). The molecule has 2 saturated heterocycles. The Hall–Kier alpha value is -3.73. The van der Waals surface area contributed by atoms with Crippen molar-refractivity contribution in [3.63, 3.8) is 0 Å². The van der Waals surface area contributed by atoms with E-state index >= 15 is 0 Å². The summed E-state index contributed by atoms with van der Waals surface area (Å²) in [7, 11) is -12.4. The van der Waals surface area contributed by atoms with Gasteiger partial charge in [-0.1, -0.05) is 40.3 Å². The predicted octanol–water partition coefficient (Wildman–Crippen LogP) is 6.79. The maximum atomic E-state index is 14.3. The molecule has 2 aliphatic rings. The van der Waals surface area contributed by atoms with Crippen molar-refractivity contribution in [3.8, 4) is 0 Å². The van der Waals surface area contributed by atoms with Gasteiger partial charge >= 0.3 is 55.0 Å². The number of ether oxygens (including phenoxy) is 4. The van der Waals surface area contributed by atoms with Gasteiger partial charge < -0.3 is 34.7 Å². The fourth-order valence-corrected chi connectivity index (χ4v) is 6.25. The van der Waals surface area contributed by atoms with E-state index in [1.165, 1.54) is 61.5 Å². The maximum absolute atomic E-state index is 14.3. The highest BCUT2D eigenvalue weighted by Crippen LogP contribution is 2.35. The third-order valence-corrected chi connectivity index (χ3v) is 9.95. The molecular weight excluding hydrogens is 901 g/mol. The topological polar surface area (TPSA) is 193 Å². The summed E-state index contributed by atoms with van der Waals surface area (Å²) in [6.07, 6.45) is -15.9. The first-order valence-corrected chi connectivity index (χ1v) is 20.3. The van der Waals surface area contributed by atoms with Crippen LogP contribution in [0.15, 0.2) is 60.7 Å². The summed E-state index contributed by atoms with van der Waals surface area (Å²) in [4.78, 5) is 22.6. The number of para-hydroxylation sites is 2. The number of amides is 2. The van der Waals surface area contributed by atoms with Crippen molar-refractivity contribution in [2.24, 2.45) is 0 Å². The summed E-state index contributed by atoms with van der Waals surface area (Å²) in [5.41, 5.74) is -0.198. The van der Waals surface area contributed by atoms with Crippen molar-refractivity contribution in [2.45, 2.75) is 99.0 Å². The molecular formula is C34H41F11N2O12S2. The van der Waals surface area contributed by atoms with Crippen LogP contribution in [-0.2, 0) is 53.1 Å². The molecule has 2 amide bonds. The van der Waals surface area contributed by atoms with E-state index in [1.807, 2.05) is 0 Å². The molecule has 2 unspecified atom stereocenters. The van der Waals surface area contributed by atoms with Gasteiger partial charge in [-0.15, -0.1) is 0 Å². The molecule has 14 nitrogen and oxygen atoms in total. The van der Waals surface area contributed by atoms with Gasteiger partial charge in [0, 0.05) is 24.2 Å². The second-order valence-corrected chi connectivity index (χ2v) is 16.4. The molecule has 61 heavy (non-hydrogen) atoms. The van der Waals surface area contributed by atoms with Crippen molar-refractivity contribution in [1.29, 1.82) is 0 Å². The van der Waals surface area contributed by atoms with Crippen molar-refractivity contribution in [1.82, 2.24) is 0 Å². The zero-order valence-electron chi connectivity index (χ0n) is 31.9. The van der Waals surface area contributed by atoms with E-state index in [-0.39, 0.29) is 31.0 Å². The Labute approximate surface area is 342 Å². The number of nitrogens with one attached hydrogen (secondary N) is 2. The lowest BCUT2D eigenvalue weighted by molar-refractivity contribution is -0.271. The molecule has 0 radical (unpaired) electrons. The second-order valence-electron chi connectivity index (χ2n) is 13.4. The van der Waals surface area contributed by atoms with E-state index in [0.717, 1.165) is 6.42 Å². The summed E-state index contributed by atoms with van der Waals surface area (Å²) in [5.74, 6) is -7.24. The number of hydrogen-bond acceptors (Lipinski definition) is 12. The van der Waals surface area contributed by atoms with Gasteiger partial charge in [-0.2, -0.15) is 60.7 Å². The fraction of sp³-hybridized carbons (Fsp3) is 0.588. The van der Waals surface area contributed by atoms with E-state index in [2.05, 4.69) is 4.18 Å². The number of aliphatic hydroxyl groups is 1. The number of alkyl halides is 10. The molecule has 348 valence electrons. The van der Waals surface area contributed by atoms with Crippen molar-refractivity contribution < 1.29 is 102 Å². The molecule has 2 aromatic carbocycles. The monoisotopic (exact) mass is 942 g/mol. The zero-order valence-corrected chi connectivity index (χ0v) is 33.5. The Bertz CT molecular complexity index is 1910. The van der Waals surface area contributed by atoms with E-state index < -0.39 is 98.1 Å². The van der Waals surface area contributed by atoms with E-state index in [4.69, 9.17) is 18.9 Å². The third-order valence-electron chi connectivity index (χ3n) is 7.81. The molecule has 2 fully saturated rings. The highest BCUT2D eigenvalue weighted by Gasteiger charge is 2.56. The summed E-state index contributed by atoms with van der Waals surface area (Å²) >= 11 is 0. The minimum absolute atomic E-state index is 0.0594. The Kier molecular flexibility index (Phi) is 18.9. The van der Waals surface area contributed by atoms with Gasteiger partial charge in [-0.05, 0) is 51.0 Å². The SMILES string of the molecule is CC1(CC(CC(F)(F)F)OS(=O)(=O)C(F)(F)C(=O)Nc2ccccc2)OCCCO1.CC1(CC(O)CC(F)(F)F)OCCCO1.O=C(Nc1ccccc1)C(F)(F)S(=O)(=O)F. The summed E-state index contributed by atoms with van der Waals surface area (Å²) < 4.78 is 209. The zero-order chi connectivity index (χ0) is 46.6. The minimum atomic E-state index is -6.27. The Morgan fingerprint density at radius 1 is 0.656 bits per heavy atom. The van der Waals surface area contributed by atoms with Gasteiger partial charge in [0.05, 0.1) is 51.5 Å². The quantitative estimate of drug-likeness (QED) is 0.102. The lowest BCUT2D eigenvalue weighted by Crippen LogP contribution is -2.47. The number of halogens is 11. The molecule has 3 N–H and O–H groups in total. The molecule has 2 aliphatic heterocycles. The largest absolute Gasteiger partial charge is 0.451 e. The van der Waals surface area contributed by atoms with Gasteiger partial charge in [-0.25, -0.2) is 0 Å². The minimum Gasteiger partial charge on any atom is -0.393 e. The molecule has 2 aromatic rings. The summed E-state index contributed by atoms with van der Waals surface area (Å²) in [5, 5.41) is 2.24. The smallest absolute Gasteiger partial charge is 0.393 e. The number of hydrogen-bond donors (Lipinski definition) is 3. The van der Waals surface area contributed by atoms with Gasteiger partial charge in [0.15, 0.2) is 11.6 Å². The molecule has 0 aromatic heterocycles. The summed E-state index contributed by atoms with van der Waals surface area (Å²) in [6.45, 7) is 3.94. The highest BCUT2D eigenvalue weighted by atomic mass is 32.3.